The first-order valence-electron chi connectivity index (χ1n) is 8.21. The minimum Gasteiger partial charge on any atom is -0.378 e. The maximum absolute atomic E-state index is 12.6. The Morgan fingerprint density at radius 2 is 2.00 bits per heavy atom. The molecule has 2 rings (SSSR count). The largest absolute Gasteiger partial charge is 0.428 e. The first kappa shape index (κ1) is 17.0. The van der Waals surface area contributed by atoms with E-state index in [1.165, 1.54) is 0 Å². The molecule has 0 spiro atoms. The lowest BCUT2D eigenvalue weighted by Crippen LogP contribution is -2.53. The Balaban J connectivity index is 1.97. The van der Waals surface area contributed by atoms with E-state index in [4.69, 9.17) is 10.6 Å². The van der Waals surface area contributed by atoms with Crippen LogP contribution >= 0.6 is 0 Å². The molecular formula is C15H27N3O4. The maximum atomic E-state index is 12.6. The zero-order valence-electron chi connectivity index (χ0n) is 13.3. The summed E-state index contributed by atoms with van der Waals surface area (Å²) in [5.74, 6) is 5.02. The summed E-state index contributed by atoms with van der Waals surface area (Å²) < 4.78 is 5.28. The SMILES string of the molecule is CCCCC1CCC(C(=O)N2CCOCC2)CN1C(=O)ON. The highest BCUT2D eigenvalue weighted by Crippen LogP contribution is 2.27. The highest BCUT2D eigenvalue weighted by Gasteiger charge is 2.37. The number of ether oxygens (including phenoxy) is 1. The third-order valence-corrected chi connectivity index (χ3v) is 4.60. The van der Waals surface area contributed by atoms with E-state index in [0.29, 0.717) is 32.8 Å². The van der Waals surface area contributed by atoms with Crippen molar-refractivity contribution in [2.24, 2.45) is 11.8 Å². The minimum absolute atomic E-state index is 0.118. The number of nitrogens with two attached hydrogens (primary N) is 1. The number of hydrogen-bond acceptors (Lipinski definition) is 5. The predicted octanol–water partition coefficient (Wildman–Crippen LogP) is 1.13. The number of amides is 2. The summed E-state index contributed by atoms with van der Waals surface area (Å²) in [6, 6.07) is 0.129. The zero-order chi connectivity index (χ0) is 15.9. The molecule has 2 aliphatic rings. The maximum Gasteiger partial charge on any atom is 0.428 e. The Bertz CT molecular complexity index is 385. The van der Waals surface area contributed by atoms with Crippen molar-refractivity contribution in [3.05, 3.63) is 0 Å². The summed E-state index contributed by atoms with van der Waals surface area (Å²) in [5.41, 5.74) is 0. The Hall–Kier alpha value is -1.34. The molecule has 2 amide bonds. The first-order chi connectivity index (χ1) is 10.7. The Kier molecular flexibility index (Phi) is 6.45. The zero-order valence-corrected chi connectivity index (χ0v) is 13.3. The van der Waals surface area contributed by atoms with E-state index in [0.717, 1.165) is 32.1 Å². The van der Waals surface area contributed by atoms with E-state index in [2.05, 4.69) is 11.8 Å². The van der Waals surface area contributed by atoms with Gasteiger partial charge in [-0.1, -0.05) is 19.8 Å². The van der Waals surface area contributed by atoms with Crippen molar-refractivity contribution in [1.29, 1.82) is 0 Å². The number of piperidine rings is 1. The molecule has 7 heteroatoms. The van der Waals surface area contributed by atoms with E-state index in [1.807, 2.05) is 4.90 Å². The van der Waals surface area contributed by atoms with Gasteiger partial charge in [0.2, 0.25) is 5.91 Å². The van der Waals surface area contributed by atoms with Gasteiger partial charge >= 0.3 is 6.09 Å². The molecule has 0 aromatic carbocycles. The lowest BCUT2D eigenvalue weighted by atomic mass is 9.89. The summed E-state index contributed by atoms with van der Waals surface area (Å²) in [6.07, 6.45) is 4.19. The molecular weight excluding hydrogens is 286 g/mol. The van der Waals surface area contributed by atoms with Crippen molar-refractivity contribution in [3.63, 3.8) is 0 Å². The molecule has 2 aliphatic heterocycles. The van der Waals surface area contributed by atoms with Gasteiger partial charge in [-0.05, 0) is 19.3 Å². The molecule has 0 aliphatic carbocycles. The van der Waals surface area contributed by atoms with Crippen LogP contribution < -0.4 is 5.90 Å². The van der Waals surface area contributed by atoms with Crippen molar-refractivity contribution < 1.29 is 19.2 Å². The fraction of sp³-hybridized carbons (Fsp3) is 0.867. The van der Waals surface area contributed by atoms with Crippen LogP contribution in [0.25, 0.3) is 0 Å². The van der Waals surface area contributed by atoms with Crippen molar-refractivity contribution in [2.75, 3.05) is 32.8 Å². The quantitative estimate of drug-likeness (QED) is 0.786. The first-order valence-corrected chi connectivity index (χ1v) is 8.21. The van der Waals surface area contributed by atoms with Crippen LogP contribution in [0.1, 0.15) is 39.0 Å². The number of carbonyl (C=O) groups excluding carboxylic acids is 2. The molecule has 0 aromatic heterocycles. The van der Waals surface area contributed by atoms with Crippen LogP contribution in [0.2, 0.25) is 0 Å². The second-order valence-corrected chi connectivity index (χ2v) is 6.04. The number of morpholine rings is 1. The molecule has 0 bridgehead atoms. The molecule has 2 unspecified atom stereocenters. The molecule has 7 nitrogen and oxygen atoms in total. The number of carbonyl (C=O) groups is 2. The van der Waals surface area contributed by atoms with Crippen molar-refractivity contribution >= 4 is 12.0 Å². The summed E-state index contributed by atoms with van der Waals surface area (Å²) in [4.78, 5) is 32.4. The Labute approximate surface area is 131 Å². The molecule has 0 saturated carbocycles. The number of nitrogens with zero attached hydrogens (tertiary/aromatic N) is 2. The average molecular weight is 313 g/mol. The lowest BCUT2D eigenvalue weighted by Gasteiger charge is -2.40. The van der Waals surface area contributed by atoms with E-state index in [9.17, 15) is 9.59 Å². The molecule has 2 heterocycles. The monoisotopic (exact) mass is 313 g/mol. The van der Waals surface area contributed by atoms with Crippen molar-refractivity contribution in [3.8, 4) is 0 Å². The van der Waals surface area contributed by atoms with Crippen LogP contribution in [0.4, 0.5) is 4.79 Å². The number of hydrogen-bond donors (Lipinski definition) is 1. The average Bonchev–Trinajstić information content (AvgIpc) is 2.59. The fourth-order valence-electron chi connectivity index (χ4n) is 3.30. The molecule has 2 atom stereocenters. The van der Waals surface area contributed by atoms with E-state index in [-0.39, 0.29) is 17.9 Å². The van der Waals surface area contributed by atoms with Crippen LogP contribution in [0, 0.1) is 5.92 Å². The number of unbranched alkanes of at least 4 members (excludes halogenated alkanes) is 1. The summed E-state index contributed by atoms with van der Waals surface area (Å²) in [6.45, 7) is 4.98. The van der Waals surface area contributed by atoms with Gasteiger partial charge in [-0.2, -0.15) is 5.90 Å². The van der Waals surface area contributed by atoms with E-state index in [1.54, 1.807) is 4.90 Å². The topological polar surface area (TPSA) is 85.1 Å². The Morgan fingerprint density at radius 3 is 2.64 bits per heavy atom. The van der Waals surface area contributed by atoms with Gasteiger partial charge in [0.15, 0.2) is 0 Å². The van der Waals surface area contributed by atoms with Crippen LogP contribution in [0.3, 0.4) is 0 Å². The van der Waals surface area contributed by atoms with E-state index < -0.39 is 6.09 Å². The predicted molar refractivity (Wildman–Crippen MR) is 80.8 cm³/mol. The van der Waals surface area contributed by atoms with Gasteiger partial charge in [-0.25, -0.2) is 4.79 Å². The molecule has 2 N–H and O–H groups in total. The Morgan fingerprint density at radius 1 is 1.27 bits per heavy atom. The summed E-state index contributed by atoms with van der Waals surface area (Å²) in [7, 11) is 0. The van der Waals surface area contributed by atoms with Crippen LogP contribution in [0.15, 0.2) is 0 Å². The van der Waals surface area contributed by atoms with Crippen molar-refractivity contribution in [1.82, 2.24) is 9.80 Å². The second-order valence-electron chi connectivity index (χ2n) is 6.04. The molecule has 126 valence electrons. The molecule has 2 saturated heterocycles. The third-order valence-electron chi connectivity index (χ3n) is 4.60. The smallest absolute Gasteiger partial charge is 0.378 e. The normalized spacial score (nSPS) is 25.9. The van der Waals surface area contributed by atoms with Gasteiger partial charge < -0.3 is 19.4 Å². The molecule has 22 heavy (non-hydrogen) atoms. The fourth-order valence-corrected chi connectivity index (χ4v) is 3.30. The van der Waals surface area contributed by atoms with Gasteiger partial charge in [-0.15, -0.1) is 0 Å². The van der Waals surface area contributed by atoms with Gasteiger partial charge in [0.25, 0.3) is 0 Å². The van der Waals surface area contributed by atoms with E-state index >= 15 is 0 Å². The van der Waals surface area contributed by atoms with Gasteiger partial charge in [-0.3, -0.25) is 4.79 Å². The van der Waals surface area contributed by atoms with Gasteiger partial charge in [0, 0.05) is 25.7 Å². The summed E-state index contributed by atoms with van der Waals surface area (Å²) >= 11 is 0. The summed E-state index contributed by atoms with van der Waals surface area (Å²) in [5, 5.41) is 0. The number of rotatable bonds is 4. The van der Waals surface area contributed by atoms with Crippen LogP contribution in [0.5, 0.6) is 0 Å². The van der Waals surface area contributed by atoms with Crippen molar-refractivity contribution in [2.45, 2.75) is 45.1 Å². The van der Waals surface area contributed by atoms with Crippen LogP contribution in [-0.2, 0) is 14.4 Å². The minimum atomic E-state index is -0.527. The molecule has 0 aromatic rings. The van der Waals surface area contributed by atoms with Gasteiger partial charge in [0.1, 0.15) is 0 Å². The van der Waals surface area contributed by atoms with Crippen LogP contribution in [-0.4, -0.2) is 60.7 Å². The highest BCUT2D eigenvalue weighted by molar-refractivity contribution is 5.80. The lowest BCUT2D eigenvalue weighted by molar-refractivity contribution is -0.141. The molecule has 2 fully saturated rings. The highest BCUT2D eigenvalue weighted by atomic mass is 16.7. The standard InChI is InChI=1S/C15H27N3O4/c1-2-3-4-13-6-5-12(11-18(13)15(20)22-16)14(19)17-7-9-21-10-8-17/h12-13H,2-11,16H2,1H3. The third kappa shape index (κ3) is 4.10. The van der Waals surface area contributed by atoms with Gasteiger partial charge in [0.05, 0.1) is 19.1 Å². The number of likely N-dealkylation sites (tertiary alicyclic amines) is 1. The second kappa shape index (κ2) is 8.33. The molecule has 0 radical (unpaired) electrons.